The van der Waals surface area contributed by atoms with Crippen LogP contribution in [0.4, 0.5) is 17.1 Å². The van der Waals surface area contributed by atoms with E-state index in [-0.39, 0.29) is 16.8 Å². The summed E-state index contributed by atoms with van der Waals surface area (Å²) in [4.78, 5) is 16.2. The lowest BCUT2D eigenvalue weighted by molar-refractivity contribution is 0.0732. The molecule has 0 saturated carbocycles. The number of fused-ring (bicyclic) bond motifs is 6. The van der Waals surface area contributed by atoms with E-state index in [2.05, 4.69) is 169 Å². The van der Waals surface area contributed by atoms with Gasteiger partial charge in [-0.15, -0.1) is 0 Å². The molecule has 0 heterocycles. The molecule has 294 valence electrons. The van der Waals surface area contributed by atoms with Crippen molar-refractivity contribution in [2.24, 2.45) is 0 Å². The van der Waals surface area contributed by atoms with Crippen LogP contribution in [-0.2, 0) is 17.3 Å². The van der Waals surface area contributed by atoms with Gasteiger partial charge in [-0.05, 0) is 165 Å². The molecule has 0 saturated heterocycles. The second-order valence-electron chi connectivity index (χ2n) is 17.9. The van der Waals surface area contributed by atoms with Crippen molar-refractivity contribution >= 4 is 23.0 Å². The first kappa shape index (κ1) is 38.3. The molecule has 3 nitrogen and oxygen atoms in total. The smallest absolute Gasteiger partial charge is 0.343 e. The number of esters is 1. The molecule has 3 heteroatoms. The topological polar surface area (TPSA) is 29.5 Å². The van der Waals surface area contributed by atoms with Gasteiger partial charge < -0.3 is 9.64 Å². The van der Waals surface area contributed by atoms with Gasteiger partial charge >= 0.3 is 5.97 Å². The molecule has 7 aromatic carbocycles. The lowest BCUT2D eigenvalue weighted by Crippen LogP contribution is -2.18. The second kappa shape index (κ2) is 14.3. The number of nitrogens with zero attached hydrogens (tertiary/aromatic N) is 1. The van der Waals surface area contributed by atoms with Crippen LogP contribution in [0.15, 0.2) is 140 Å². The summed E-state index contributed by atoms with van der Waals surface area (Å²) in [6.45, 7) is 20.0. The average Bonchev–Trinajstić information content (AvgIpc) is 3.61. The Balaban J connectivity index is 1.07. The third-order valence-corrected chi connectivity index (χ3v) is 13.2. The maximum absolute atomic E-state index is 13.9. The fourth-order valence-corrected chi connectivity index (χ4v) is 9.81. The fraction of sp³-hybridized carbons (Fsp3) is 0.232. The molecule has 0 unspecified atom stereocenters. The molecule has 7 aromatic rings. The Morgan fingerprint density at radius 1 is 0.559 bits per heavy atom. The summed E-state index contributed by atoms with van der Waals surface area (Å²) in [6.07, 6.45) is 0.952. The van der Waals surface area contributed by atoms with Crippen LogP contribution < -0.4 is 9.64 Å². The molecule has 2 aliphatic carbocycles. The van der Waals surface area contributed by atoms with Gasteiger partial charge in [0.15, 0.2) is 0 Å². The summed E-state index contributed by atoms with van der Waals surface area (Å²) in [5.41, 5.74) is 20.7. The zero-order chi connectivity index (χ0) is 41.4. The van der Waals surface area contributed by atoms with Gasteiger partial charge in [-0.1, -0.05) is 127 Å². The van der Waals surface area contributed by atoms with Crippen molar-refractivity contribution in [3.8, 4) is 39.1 Å². The highest BCUT2D eigenvalue weighted by atomic mass is 16.5. The SMILES string of the molecule is CCc1ccc(C(C)C)cc1-c1cc(C)c(OC(=O)c2ccc(N(c3ccc4c(c3)C(C)(C)c3ccccc3-4)c3ccc4c(c3)C(C)(C)c3ccccc3-4)cc2)c(C)c1. The summed E-state index contributed by atoms with van der Waals surface area (Å²) in [7, 11) is 0. The van der Waals surface area contributed by atoms with E-state index in [1.165, 1.54) is 61.2 Å². The normalized spacial score (nSPS) is 14.1. The lowest BCUT2D eigenvalue weighted by Gasteiger charge is -2.29. The number of hydrogen-bond acceptors (Lipinski definition) is 3. The maximum atomic E-state index is 13.9. The van der Waals surface area contributed by atoms with Gasteiger partial charge in [0.2, 0.25) is 0 Å². The first-order valence-electron chi connectivity index (χ1n) is 21.1. The average molecular weight is 772 g/mol. The van der Waals surface area contributed by atoms with Gasteiger partial charge in [0.25, 0.3) is 0 Å². The zero-order valence-corrected chi connectivity index (χ0v) is 35.8. The summed E-state index contributed by atoms with van der Waals surface area (Å²) < 4.78 is 6.20. The highest BCUT2D eigenvalue weighted by molar-refractivity contribution is 5.93. The van der Waals surface area contributed by atoms with Crippen molar-refractivity contribution < 1.29 is 9.53 Å². The predicted molar refractivity (Wildman–Crippen MR) is 246 cm³/mol. The number of ether oxygens (including phenoxy) is 1. The Morgan fingerprint density at radius 3 is 1.56 bits per heavy atom. The largest absolute Gasteiger partial charge is 0.422 e. The zero-order valence-electron chi connectivity index (χ0n) is 35.8. The van der Waals surface area contributed by atoms with Gasteiger partial charge in [-0.2, -0.15) is 0 Å². The van der Waals surface area contributed by atoms with Crippen molar-refractivity contribution in [1.82, 2.24) is 0 Å². The van der Waals surface area contributed by atoms with Gasteiger partial charge in [0.05, 0.1) is 5.56 Å². The van der Waals surface area contributed by atoms with Crippen molar-refractivity contribution in [3.05, 3.63) is 190 Å². The molecule has 0 atom stereocenters. The number of benzene rings is 7. The molecular formula is C56H53NO2. The molecule has 0 aromatic heterocycles. The van der Waals surface area contributed by atoms with Crippen LogP contribution in [0.25, 0.3) is 33.4 Å². The van der Waals surface area contributed by atoms with Crippen LogP contribution >= 0.6 is 0 Å². The molecular weight excluding hydrogens is 719 g/mol. The Morgan fingerprint density at radius 2 is 1.05 bits per heavy atom. The van der Waals surface area contributed by atoms with Crippen LogP contribution in [0, 0.1) is 13.8 Å². The van der Waals surface area contributed by atoms with Gasteiger partial charge in [-0.3, -0.25) is 0 Å². The van der Waals surface area contributed by atoms with E-state index in [1.54, 1.807) is 0 Å². The first-order valence-corrected chi connectivity index (χ1v) is 21.1. The number of aryl methyl sites for hydroxylation is 3. The summed E-state index contributed by atoms with van der Waals surface area (Å²) >= 11 is 0. The van der Waals surface area contributed by atoms with Crippen LogP contribution in [0.5, 0.6) is 5.75 Å². The quantitative estimate of drug-likeness (QED) is 0.114. The molecule has 59 heavy (non-hydrogen) atoms. The third-order valence-electron chi connectivity index (χ3n) is 13.2. The summed E-state index contributed by atoms with van der Waals surface area (Å²) in [6, 6.07) is 50.3. The highest BCUT2D eigenvalue weighted by Crippen LogP contribution is 2.53. The van der Waals surface area contributed by atoms with Crippen LogP contribution in [0.2, 0.25) is 0 Å². The Bertz CT molecular complexity index is 2670. The van der Waals surface area contributed by atoms with Crippen molar-refractivity contribution in [3.63, 3.8) is 0 Å². The van der Waals surface area contributed by atoms with Gasteiger partial charge in [0, 0.05) is 27.9 Å². The molecule has 0 aliphatic heterocycles. The molecule has 0 amide bonds. The van der Waals surface area contributed by atoms with Crippen molar-refractivity contribution in [2.45, 2.75) is 85.5 Å². The Hall–Kier alpha value is -6.19. The van der Waals surface area contributed by atoms with Crippen LogP contribution in [0.3, 0.4) is 0 Å². The Kier molecular flexibility index (Phi) is 9.27. The number of rotatable bonds is 8. The van der Waals surface area contributed by atoms with Crippen molar-refractivity contribution in [2.75, 3.05) is 4.90 Å². The minimum absolute atomic E-state index is 0.145. The van der Waals surface area contributed by atoms with E-state index in [1.807, 2.05) is 38.1 Å². The molecule has 0 spiro atoms. The number of carbonyl (C=O) groups is 1. The lowest BCUT2D eigenvalue weighted by atomic mass is 9.82. The van der Waals surface area contributed by atoms with E-state index in [9.17, 15) is 4.79 Å². The van der Waals surface area contributed by atoms with E-state index in [0.717, 1.165) is 40.2 Å². The minimum atomic E-state index is -0.368. The summed E-state index contributed by atoms with van der Waals surface area (Å²) in [5.74, 6) is 0.690. The van der Waals surface area contributed by atoms with E-state index >= 15 is 0 Å². The van der Waals surface area contributed by atoms with Gasteiger partial charge in [0.1, 0.15) is 5.75 Å². The van der Waals surface area contributed by atoms with Gasteiger partial charge in [-0.25, -0.2) is 4.79 Å². The van der Waals surface area contributed by atoms with Crippen LogP contribution in [-0.4, -0.2) is 5.97 Å². The fourth-order valence-electron chi connectivity index (χ4n) is 9.81. The van der Waals surface area contributed by atoms with E-state index in [4.69, 9.17) is 4.74 Å². The molecule has 0 N–H and O–H groups in total. The molecule has 9 rings (SSSR count). The standard InChI is InChI=1S/C56H53NO2/c1-10-37-19-20-39(34(2)3)31-48(37)40-29-35(4)53(36(5)30-40)59-54(58)38-21-23-41(24-22-38)57(42-25-27-46-44-15-11-13-17-49(44)55(6,7)51(46)32-42)43-26-28-47-45-16-12-14-18-50(45)56(8,9)52(47)33-43/h11-34H,10H2,1-9H3. The van der Waals surface area contributed by atoms with Crippen LogP contribution in [0.1, 0.15) is 109 Å². The molecule has 0 fully saturated rings. The predicted octanol–water partition coefficient (Wildman–Crippen LogP) is 15.0. The number of hydrogen-bond donors (Lipinski definition) is 0. The van der Waals surface area contributed by atoms with E-state index < -0.39 is 0 Å². The first-order chi connectivity index (χ1) is 28.3. The molecule has 2 aliphatic rings. The minimum Gasteiger partial charge on any atom is -0.422 e. The van der Waals surface area contributed by atoms with E-state index in [0.29, 0.717) is 17.2 Å². The maximum Gasteiger partial charge on any atom is 0.343 e. The second-order valence-corrected chi connectivity index (χ2v) is 17.9. The number of carbonyl (C=O) groups excluding carboxylic acids is 1. The number of anilines is 3. The van der Waals surface area contributed by atoms with Crippen molar-refractivity contribution in [1.29, 1.82) is 0 Å². The highest BCUT2D eigenvalue weighted by Gasteiger charge is 2.37. The molecule has 0 radical (unpaired) electrons. The summed E-state index contributed by atoms with van der Waals surface area (Å²) in [5, 5.41) is 0. The third kappa shape index (κ3) is 6.30. The monoisotopic (exact) mass is 771 g/mol. The Labute approximate surface area is 350 Å². The molecule has 0 bridgehead atoms.